The molecule has 1 aliphatic rings. The molecular formula is C18H27NO3. The maximum Gasteiger partial charge on any atom is 0.223 e. The lowest BCUT2D eigenvalue weighted by molar-refractivity contribution is -0.122. The first-order valence-electron chi connectivity index (χ1n) is 8.35. The van der Waals surface area contributed by atoms with Gasteiger partial charge in [0.15, 0.2) is 11.5 Å². The topological polar surface area (TPSA) is 47.6 Å². The second-order valence-corrected chi connectivity index (χ2v) is 5.91. The van der Waals surface area contributed by atoms with Crippen LogP contribution in [0.3, 0.4) is 0 Å². The number of rotatable bonds is 9. The number of nitrogens with one attached hydrogen (secondary N) is 1. The fraction of sp³-hybridized carbons (Fsp3) is 0.611. The van der Waals surface area contributed by atoms with Crippen molar-refractivity contribution in [2.24, 2.45) is 5.92 Å². The van der Waals surface area contributed by atoms with Crippen molar-refractivity contribution in [2.75, 3.05) is 13.2 Å². The molecule has 1 aliphatic carbocycles. The molecule has 1 saturated carbocycles. The highest BCUT2D eigenvalue weighted by atomic mass is 16.5. The minimum Gasteiger partial charge on any atom is -0.490 e. The van der Waals surface area contributed by atoms with Crippen molar-refractivity contribution in [1.82, 2.24) is 5.32 Å². The Hall–Kier alpha value is -1.71. The van der Waals surface area contributed by atoms with Crippen molar-refractivity contribution in [1.29, 1.82) is 0 Å². The van der Waals surface area contributed by atoms with Gasteiger partial charge in [0.2, 0.25) is 5.91 Å². The summed E-state index contributed by atoms with van der Waals surface area (Å²) in [5.74, 6) is 1.93. The fourth-order valence-electron chi connectivity index (χ4n) is 2.21. The van der Waals surface area contributed by atoms with Crippen molar-refractivity contribution in [3.63, 3.8) is 0 Å². The van der Waals surface area contributed by atoms with Crippen LogP contribution in [0.1, 0.15) is 58.1 Å². The number of hydrogen-bond acceptors (Lipinski definition) is 3. The summed E-state index contributed by atoms with van der Waals surface area (Å²) in [6, 6.07) is 5.91. The summed E-state index contributed by atoms with van der Waals surface area (Å²) < 4.78 is 11.5. The molecule has 1 fully saturated rings. The second kappa shape index (κ2) is 8.06. The van der Waals surface area contributed by atoms with Gasteiger partial charge in [-0.25, -0.2) is 0 Å². The predicted molar refractivity (Wildman–Crippen MR) is 87.3 cm³/mol. The van der Waals surface area contributed by atoms with Crippen LogP contribution in [0.15, 0.2) is 18.2 Å². The third-order valence-corrected chi connectivity index (χ3v) is 3.70. The number of ether oxygens (including phenoxy) is 2. The summed E-state index contributed by atoms with van der Waals surface area (Å²) in [5.41, 5.74) is 1.05. The normalized spacial score (nSPS) is 15.2. The van der Waals surface area contributed by atoms with E-state index in [9.17, 15) is 4.79 Å². The van der Waals surface area contributed by atoms with E-state index in [1.165, 1.54) is 0 Å². The molecule has 0 aliphatic heterocycles. The Kier molecular flexibility index (Phi) is 6.10. The van der Waals surface area contributed by atoms with Crippen molar-refractivity contribution >= 4 is 5.91 Å². The Morgan fingerprint density at radius 2 is 1.82 bits per heavy atom. The van der Waals surface area contributed by atoms with Crippen LogP contribution in [0.25, 0.3) is 0 Å². The average molecular weight is 305 g/mol. The minimum atomic E-state index is -0.0164. The lowest BCUT2D eigenvalue weighted by Gasteiger charge is -2.18. The first-order valence-corrected chi connectivity index (χ1v) is 8.35. The highest BCUT2D eigenvalue weighted by Gasteiger charge is 2.30. The summed E-state index contributed by atoms with van der Waals surface area (Å²) in [5, 5.41) is 3.07. The van der Waals surface area contributed by atoms with Crippen LogP contribution < -0.4 is 14.8 Å². The van der Waals surface area contributed by atoms with E-state index < -0.39 is 0 Å². The minimum absolute atomic E-state index is 0.0164. The molecule has 4 nitrogen and oxygen atoms in total. The van der Waals surface area contributed by atoms with Crippen LogP contribution in [-0.2, 0) is 4.79 Å². The molecule has 0 saturated heterocycles. The molecule has 0 radical (unpaired) electrons. The van der Waals surface area contributed by atoms with Gasteiger partial charge in [-0.15, -0.1) is 0 Å². The smallest absolute Gasteiger partial charge is 0.223 e. The molecular weight excluding hydrogens is 278 g/mol. The molecule has 4 heteroatoms. The number of benzene rings is 1. The molecule has 0 bridgehead atoms. The highest BCUT2D eigenvalue weighted by molar-refractivity contribution is 5.81. The van der Waals surface area contributed by atoms with Gasteiger partial charge < -0.3 is 14.8 Å². The van der Waals surface area contributed by atoms with Crippen LogP contribution in [-0.4, -0.2) is 19.1 Å². The van der Waals surface area contributed by atoms with Crippen LogP contribution >= 0.6 is 0 Å². The summed E-state index contributed by atoms with van der Waals surface area (Å²) in [7, 11) is 0. The van der Waals surface area contributed by atoms with Gasteiger partial charge in [0.25, 0.3) is 0 Å². The molecule has 1 aromatic rings. The van der Waals surface area contributed by atoms with Crippen LogP contribution in [0.4, 0.5) is 0 Å². The van der Waals surface area contributed by atoms with Gasteiger partial charge in [0.05, 0.1) is 19.3 Å². The van der Waals surface area contributed by atoms with Gasteiger partial charge in [-0.1, -0.05) is 19.9 Å². The second-order valence-electron chi connectivity index (χ2n) is 5.91. The summed E-state index contributed by atoms with van der Waals surface area (Å²) in [6.07, 6.45) is 3.95. The molecule has 0 aromatic heterocycles. The number of amides is 1. The summed E-state index contributed by atoms with van der Waals surface area (Å²) in [6.45, 7) is 7.50. The van der Waals surface area contributed by atoms with E-state index in [2.05, 4.69) is 19.2 Å². The van der Waals surface area contributed by atoms with Crippen LogP contribution in [0.2, 0.25) is 0 Å². The zero-order valence-corrected chi connectivity index (χ0v) is 13.9. The van der Waals surface area contributed by atoms with Crippen molar-refractivity contribution < 1.29 is 14.3 Å². The molecule has 2 rings (SSSR count). The molecule has 122 valence electrons. The van der Waals surface area contributed by atoms with Gasteiger partial charge in [-0.05, 0) is 50.3 Å². The quantitative estimate of drug-likeness (QED) is 0.754. The first-order chi connectivity index (χ1) is 10.7. The summed E-state index contributed by atoms with van der Waals surface area (Å²) in [4.78, 5) is 11.9. The molecule has 0 heterocycles. The Labute approximate surface area is 133 Å². The largest absolute Gasteiger partial charge is 0.490 e. The van der Waals surface area contributed by atoms with Gasteiger partial charge in [-0.3, -0.25) is 4.79 Å². The van der Waals surface area contributed by atoms with Gasteiger partial charge in [-0.2, -0.15) is 0 Å². The Morgan fingerprint density at radius 1 is 1.18 bits per heavy atom. The van der Waals surface area contributed by atoms with E-state index in [0.29, 0.717) is 13.2 Å². The van der Waals surface area contributed by atoms with E-state index in [-0.39, 0.29) is 17.9 Å². The standard InChI is InChI=1S/C18H27NO3/c1-4-10-21-16-9-8-15(12-17(16)22-11-5-2)13(3)19-18(20)14-6-7-14/h8-9,12-14H,4-7,10-11H2,1-3H3,(H,19,20). The van der Waals surface area contributed by atoms with Crippen molar-refractivity contribution in [2.45, 2.75) is 52.5 Å². The fourth-order valence-corrected chi connectivity index (χ4v) is 2.21. The van der Waals surface area contributed by atoms with E-state index in [4.69, 9.17) is 9.47 Å². The molecule has 0 spiro atoms. The third-order valence-electron chi connectivity index (χ3n) is 3.70. The lowest BCUT2D eigenvalue weighted by atomic mass is 10.1. The first kappa shape index (κ1) is 16.7. The Bertz CT molecular complexity index is 497. The maximum absolute atomic E-state index is 11.9. The zero-order chi connectivity index (χ0) is 15.9. The van der Waals surface area contributed by atoms with Crippen molar-refractivity contribution in [3.05, 3.63) is 23.8 Å². The zero-order valence-electron chi connectivity index (χ0n) is 13.9. The maximum atomic E-state index is 11.9. The predicted octanol–water partition coefficient (Wildman–Crippen LogP) is 3.85. The number of carbonyl (C=O) groups is 1. The van der Waals surface area contributed by atoms with Crippen molar-refractivity contribution in [3.8, 4) is 11.5 Å². The Balaban J connectivity index is 2.07. The average Bonchev–Trinajstić information content (AvgIpc) is 3.36. The van der Waals surface area contributed by atoms with E-state index in [0.717, 1.165) is 42.7 Å². The molecule has 1 aromatic carbocycles. The SMILES string of the molecule is CCCOc1ccc(C(C)NC(=O)C2CC2)cc1OCCC. The molecule has 1 unspecified atom stereocenters. The van der Waals surface area contributed by atoms with Gasteiger partial charge in [0, 0.05) is 5.92 Å². The highest BCUT2D eigenvalue weighted by Crippen LogP contribution is 2.32. The molecule has 1 amide bonds. The molecule has 22 heavy (non-hydrogen) atoms. The molecule has 1 N–H and O–H groups in total. The molecule has 1 atom stereocenters. The van der Waals surface area contributed by atoms with Crippen LogP contribution in [0, 0.1) is 5.92 Å². The number of carbonyl (C=O) groups excluding carboxylic acids is 1. The number of hydrogen-bond donors (Lipinski definition) is 1. The van der Waals surface area contributed by atoms with E-state index >= 15 is 0 Å². The summed E-state index contributed by atoms with van der Waals surface area (Å²) >= 11 is 0. The van der Waals surface area contributed by atoms with Gasteiger partial charge in [0.1, 0.15) is 0 Å². The van der Waals surface area contributed by atoms with E-state index in [1.807, 2.05) is 25.1 Å². The monoisotopic (exact) mass is 305 g/mol. The van der Waals surface area contributed by atoms with Crippen LogP contribution in [0.5, 0.6) is 11.5 Å². The van der Waals surface area contributed by atoms with E-state index in [1.54, 1.807) is 0 Å². The third kappa shape index (κ3) is 4.65. The van der Waals surface area contributed by atoms with Gasteiger partial charge >= 0.3 is 0 Å². The Morgan fingerprint density at radius 3 is 2.41 bits per heavy atom. The lowest BCUT2D eigenvalue weighted by Crippen LogP contribution is -2.27.